The highest BCUT2D eigenvalue weighted by Crippen LogP contribution is 2.22. The third-order valence-electron chi connectivity index (χ3n) is 2.27. The molecule has 1 atom stereocenters. The summed E-state index contributed by atoms with van der Waals surface area (Å²) in [5.41, 5.74) is 5.52. The molecular formula is C10H15BrN4O. The molecule has 6 heteroatoms. The van der Waals surface area contributed by atoms with Gasteiger partial charge in [-0.2, -0.15) is 0 Å². The maximum Gasteiger partial charge on any atom is 0.143 e. The second-order valence-corrected chi connectivity index (χ2v) is 4.47. The molecular weight excluding hydrogens is 272 g/mol. The summed E-state index contributed by atoms with van der Waals surface area (Å²) < 4.78 is 0.921. The smallest absolute Gasteiger partial charge is 0.143 e. The maximum absolute atomic E-state index is 8.56. The normalized spacial score (nSPS) is 13.6. The Morgan fingerprint density at radius 3 is 3.00 bits per heavy atom. The molecule has 0 spiro atoms. The summed E-state index contributed by atoms with van der Waals surface area (Å²) in [5, 5.41) is 11.6. The molecule has 3 N–H and O–H groups in total. The van der Waals surface area contributed by atoms with Crippen molar-refractivity contribution in [3.05, 3.63) is 22.8 Å². The highest BCUT2D eigenvalue weighted by molar-refractivity contribution is 9.10. The minimum Gasteiger partial charge on any atom is -0.409 e. The lowest BCUT2D eigenvalue weighted by molar-refractivity contribution is 0.314. The first-order valence-electron chi connectivity index (χ1n) is 4.85. The molecule has 0 aliphatic carbocycles. The van der Waals surface area contributed by atoms with Crippen molar-refractivity contribution in [3.63, 3.8) is 0 Å². The van der Waals surface area contributed by atoms with Crippen molar-refractivity contribution in [2.45, 2.75) is 6.92 Å². The summed E-state index contributed by atoms with van der Waals surface area (Å²) in [6, 6.07) is 3.78. The van der Waals surface area contributed by atoms with E-state index >= 15 is 0 Å². The van der Waals surface area contributed by atoms with Gasteiger partial charge in [0.15, 0.2) is 0 Å². The number of hydrogen-bond acceptors (Lipinski definition) is 4. The number of halogens is 1. The number of pyridine rings is 1. The van der Waals surface area contributed by atoms with Crippen LogP contribution in [0.25, 0.3) is 0 Å². The van der Waals surface area contributed by atoms with E-state index in [-0.39, 0.29) is 11.8 Å². The number of aromatic nitrogens is 1. The van der Waals surface area contributed by atoms with Crippen LogP contribution in [0, 0.1) is 5.92 Å². The van der Waals surface area contributed by atoms with E-state index in [2.05, 4.69) is 26.1 Å². The summed E-state index contributed by atoms with van der Waals surface area (Å²) in [7, 11) is 1.91. The molecule has 0 radical (unpaired) electrons. The van der Waals surface area contributed by atoms with Gasteiger partial charge >= 0.3 is 0 Å². The summed E-state index contributed by atoms with van der Waals surface area (Å²) in [4.78, 5) is 6.20. The second kappa shape index (κ2) is 5.69. The lowest BCUT2D eigenvalue weighted by Gasteiger charge is -2.22. The first kappa shape index (κ1) is 12.8. The number of nitrogens with two attached hydrogens (primary N) is 1. The van der Waals surface area contributed by atoms with Gasteiger partial charge in [-0.25, -0.2) is 4.98 Å². The van der Waals surface area contributed by atoms with Gasteiger partial charge in [0, 0.05) is 25.7 Å². The third-order valence-corrected chi connectivity index (χ3v) is 2.89. The fourth-order valence-electron chi connectivity index (χ4n) is 1.35. The minimum absolute atomic E-state index is 0.0380. The molecule has 0 saturated carbocycles. The van der Waals surface area contributed by atoms with Crippen LogP contribution in [-0.4, -0.2) is 29.6 Å². The van der Waals surface area contributed by atoms with Gasteiger partial charge in [-0.15, -0.1) is 0 Å². The van der Waals surface area contributed by atoms with E-state index in [4.69, 9.17) is 10.9 Å². The van der Waals surface area contributed by atoms with Crippen LogP contribution in [0.2, 0.25) is 0 Å². The van der Waals surface area contributed by atoms with Crippen molar-refractivity contribution in [1.82, 2.24) is 4.98 Å². The van der Waals surface area contributed by atoms with Gasteiger partial charge < -0.3 is 15.8 Å². The number of nitrogens with zero attached hydrogens (tertiary/aromatic N) is 3. The van der Waals surface area contributed by atoms with Crippen LogP contribution in [0.1, 0.15) is 6.92 Å². The summed E-state index contributed by atoms with van der Waals surface area (Å²) in [6.45, 7) is 2.52. The second-order valence-electron chi connectivity index (χ2n) is 3.62. The van der Waals surface area contributed by atoms with Gasteiger partial charge in [0.25, 0.3) is 0 Å². The lowest BCUT2D eigenvalue weighted by Crippen LogP contribution is -2.33. The van der Waals surface area contributed by atoms with Crippen molar-refractivity contribution < 1.29 is 5.21 Å². The van der Waals surface area contributed by atoms with Crippen LogP contribution in [0.5, 0.6) is 0 Å². The van der Waals surface area contributed by atoms with E-state index in [1.165, 1.54) is 0 Å². The molecule has 1 aromatic heterocycles. The van der Waals surface area contributed by atoms with Crippen LogP contribution in [0.15, 0.2) is 28.0 Å². The molecule has 5 nitrogen and oxygen atoms in total. The standard InChI is InChI=1S/C10H15BrN4O/c1-7(9(12)14-16)6-15(2)10-8(11)4-3-5-13-10/h3-5,7,16H,6H2,1-2H3,(H2,12,14). The first-order chi connectivity index (χ1) is 7.56. The maximum atomic E-state index is 8.56. The van der Waals surface area contributed by atoms with Gasteiger partial charge in [-0.3, -0.25) is 0 Å². The Hall–Kier alpha value is -1.30. The van der Waals surface area contributed by atoms with E-state index < -0.39 is 0 Å². The zero-order valence-electron chi connectivity index (χ0n) is 9.26. The molecule has 1 unspecified atom stereocenters. The molecule has 0 aliphatic rings. The number of rotatable bonds is 4. The average Bonchev–Trinajstić information content (AvgIpc) is 2.28. The fraction of sp³-hybridized carbons (Fsp3) is 0.400. The van der Waals surface area contributed by atoms with Gasteiger partial charge in [0.05, 0.1) is 4.47 Å². The molecule has 0 aromatic carbocycles. The Kier molecular flexibility index (Phi) is 4.54. The van der Waals surface area contributed by atoms with Gasteiger partial charge in [0.1, 0.15) is 11.7 Å². The van der Waals surface area contributed by atoms with E-state index in [1.807, 2.05) is 31.0 Å². The summed E-state index contributed by atoms with van der Waals surface area (Å²) in [6.07, 6.45) is 1.73. The predicted molar refractivity (Wildman–Crippen MR) is 67.8 cm³/mol. The zero-order chi connectivity index (χ0) is 12.1. The van der Waals surface area contributed by atoms with Crippen molar-refractivity contribution in [1.29, 1.82) is 0 Å². The van der Waals surface area contributed by atoms with E-state index in [0.29, 0.717) is 6.54 Å². The number of hydrogen-bond donors (Lipinski definition) is 2. The van der Waals surface area contributed by atoms with Crippen molar-refractivity contribution >= 4 is 27.6 Å². The summed E-state index contributed by atoms with van der Waals surface area (Å²) in [5.74, 6) is 1.02. The predicted octanol–water partition coefficient (Wildman–Crippen LogP) is 1.66. The summed E-state index contributed by atoms with van der Waals surface area (Å²) >= 11 is 3.43. The lowest BCUT2D eigenvalue weighted by atomic mass is 10.1. The molecule has 0 saturated heterocycles. The highest BCUT2D eigenvalue weighted by atomic mass is 79.9. The van der Waals surface area contributed by atoms with E-state index in [0.717, 1.165) is 10.3 Å². The van der Waals surface area contributed by atoms with Crippen molar-refractivity contribution in [2.75, 3.05) is 18.5 Å². The molecule has 0 bridgehead atoms. The average molecular weight is 287 g/mol. The van der Waals surface area contributed by atoms with Crippen LogP contribution in [0.3, 0.4) is 0 Å². The molecule has 1 aromatic rings. The SMILES string of the molecule is CC(CN(C)c1ncccc1Br)C(N)=NO. The largest absolute Gasteiger partial charge is 0.409 e. The topological polar surface area (TPSA) is 74.7 Å². The fourth-order valence-corrected chi connectivity index (χ4v) is 1.91. The molecule has 1 heterocycles. The number of amidine groups is 1. The molecule has 88 valence electrons. The number of anilines is 1. The molecule has 0 aliphatic heterocycles. The van der Waals surface area contributed by atoms with E-state index in [1.54, 1.807) is 6.20 Å². The van der Waals surface area contributed by atoms with E-state index in [9.17, 15) is 0 Å². The Morgan fingerprint density at radius 1 is 1.75 bits per heavy atom. The Balaban J connectivity index is 2.73. The first-order valence-corrected chi connectivity index (χ1v) is 5.64. The van der Waals surface area contributed by atoms with Gasteiger partial charge in [0.2, 0.25) is 0 Å². The molecule has 16 heavy (non-hydrogen) atoms. The monoisotopic (exact) mass is 286 g/mol. The molecule has 0 fully saturated rings. The van der Waals surface area contributed by atoms with Gasteiger partial charge in [-0.05, 0) is 28.1 Å². The van der Waals surface area contributed by atoms with Crippen LogP contribution < -0.4 is 10.6 Å². The van der Waals surface area contributed by atoms with Crippen molar-refractivity contribution in [3.8, 4) is 0 Å². The van der Waals surface area contributed by atoms with Crippen molar-refractivity contribution in [2.24, 2.45) is 16.8 Å². The Bertz CT molecular complexity index is 383. The quantitative estimate of drug-likeness (QED) is 0.382. The third kappa shape index (κ3) is 3.10. The molecule has 0 amide bonds. The highest BCUT2D eigenvalue weighted by Gasteiger charge is 2.13. The zero-order valence-corrected chi connectivity index (χ0v) is 10.8. The van der Waals surface area contributed by atoms with Gasteiger partial charge in [-0.1, -0.05) is 12.1 Å². The Labute approximate surface area is 103 Å². The Morgan fingerprint density at radius 2 is 2.44 bits per heavy atom. The molecule has 1 rings (SSSR count). The van der Waals surface area contributed by atoms with Crippen LogP contribution >= 0.6 is 15.9 Å². The number of oxime groups is 1. The minimum atomic E-state index is -0.0380. The van der Waals surface area contributed by atoms with Crippen LogP contribution in [0.4, 0.5) is 5.82 Å². The van der Waals surface area contributed by atoms with Crippen LogP contribution in [-0.2, 0) is 0 Å².